The molecule has 4 heteroatoms. The van der Waals surface area contributed by atoms with Gasteiger partial charge in [-0.25, -0.2) is 0 Å². The molecule has 0 aromatic heterocycles. The molecule has 55 heavy (non-hydrogen) atoms. The average molecular weight is 725 g/mol. The van der Waals surface area contributed by atoms with E-state index in [0.29, 0.717) is 0 Å². The number of hydrogen-bond acceptors (Lipinski definition) is 3. The molecule has 3 nitrogen and oxygen atoms in total. The van der Waals surface area contributed by atoms with Gasteiger partial charge < -0.3 is 14.4 Å². The number of aryl methyl sites for hydroxylation is 2. The van der Waals surface area contributed by atoms with Crippen molar-refractivity contribution in [2.45, 2.75) is 19.3 Å². The molecule has 3 aliphatic rings. The van der Waals surface area contributed by atoms with Gasteiger partial charge in [0.25, 0.3) is 0 Å². The summed E-state index contributed by atoms with van der Waals surface area (Å²) in [6.07, 6.45) is 0. The van der Waals surface area contributed by atoms with Gasteiger partial charge in [-0.3, -0.25) is 0 Å². The predicted molar refractivity (Wildman–Crippen MR) is 229 cm³/mol. The van der Waals surface area contributed by atoms with Gasteiger partial charge in [-0.05, 0) is 102 Å². The third-order valence-corrected chi connectivity index (χ3v) is 15.1. The molecule has 8 aromatic rings. The Morgan fingerprint density at radius 3 is 1.55 bits per heavy atom. The molecule has 11 rings (SSSR count). The highest BCUT2D eigenvalue weighted by molar-refractivity contribution is 7.86. The van der Waals surface area contributed by atoms with Gasteiger partial charge >= 0.3 is 0 Å². The summed E-state index contributed by atoms with van der Waals surface area (Å²) in [6.45, 7) is 4.40. The van der Waals surface area contributed by atoms with Crippen molar-refractivity contribution in [3.63, 3.8) is 0 Å². The highest BCUT2D eigenvalue weighted by atomic mass is 31.2. The van der Waals surface area contributed by atoms with Crippen molar-refractivity contribution < 1.29 is 4.57 Å². The third-order valence-electron chi connectivity index (χ3n) is 11.9. The van der Waals surface area contributed by atoms with E-state index in [9.17, 15) is 0 Å². The van der Waals surface area contributed by atoms with Crippen molar-refractivity contribution in [1.82, 2.24) is 0 Å². The summed E-state index contributed by atoms with van der Waals surface area (Å²) in [5, 5.41) is 2.53. The molecule has 0 fully saturated rings. The smallest absolute Gasteiger partial charge is 0.175 e. The molecule has 0 N–H and O–H groups in total. The molecule has 1 unspecified atom stereocenters. The van der Waals surface area contributed by atoms with Crippen molar-refractivity contribution >= 4 is 57.2 Å². The molecular formula is C51H37N2OP. The van der Waals surface area contributed by atoms with Gasteiger partial charge in [0.05, 0.1) is 28.2 Å². The molecule has 1 aliphatic carbocycles. The van der Waals surface area contributed by atoms with Gasteiger partial charge in [0.1, 0.15) is 0 Å². The number of rotatable bonds is 3. The van der Waals surface area contributed by atoms with Gasteiger partial charge in [0.2, 0.25) is 0 Å². The largest absolute Gasteiger partial charge is 0.310 e. The van der Waals surface area contributed by atoms with Crippen LogP contribution < -0.4 is 25.7 Å². The quantitative estimate of drug-likeness (QED) is 0.170. The Kier molecular flexibility index (Phi) is 6.87. The highest BCUT2D eigenvalue weighted by Gasteiger charge is 2.52. The molecular weight excluding hydrogens is 688 g/mol. The van der Waals surface area contributed by atoms with Gasteiger partial charge in [0.15, 0.2) is 7.14 Å². The van der Waals surface area contributed by atoms with Crippen molar-refractivity contribution in [1.29, 1.82) is 0 Å². The maximum atomic E-state index is 16.0. The maximum Gasteiger partial charge on any atom is 0.175 e. The summed E-state index contributed by atoms with van der Waals surface area (Å²) in [7, 11) is -3.26. The van der Waals surface area contributed by atoms with E-state index in [1.165, 1.54) is 44.5 Å². The SMILES string of the molecule is Cc1ccc2c(c1)C1(c3ccccc3-c3ccccc31)c1cc(C)ccc1N2c1ccc2c(c1)N(c1ccccc1)c1ccccc1P2(=O)c1ccccc1. The first kappa shape index (κ1) is 32.1. The lowest BCUT2D eigenvalue weighted by Crippen LogP contribution is -2.38. The Morgan fingerprint density at radius 2 is 0.909 bits per heavy atom. The van der Waals surface area contributed by atoms with Crippen LogP contribution in [0.3, 0.4) is 0 Å². The van der Waals surface area contributed by atoms with E-state index in [1.807, 2.05) is 42.5 Å². The van der Waals surface area contributed by atoms with Gasteiger partial charge in [-0.15, -0.1) is 0 Å². The summed E-state index contributed by atoms with van der Waals surface area (Å²) in [5.74, 6) is 0. The van der Waals surface area contributed by atoms with E-state index in [-0.39, 0.29) is 0 Å². The van der Waals surface area contributed by atoms with Crippen molar-refractivity contribution in [2.75, 3.05) is 9.80 Å². The van der Waals surface area contributed by atoms with Crippen molar-refractivity contribution in [2.24, 2.45) is 0 Å². The summed E-state index contributed by atoms with van der Waals surface area (Å²) >= 11 is 0. The molecule has 0 saturated carbocycles. The van der Waals surface area contributed by atoms with Gasteiger partial charge in [-0.2, -0.15) is 0 Å². The lowest BCUT2D eigenvalue weighted by atomic mass is 9.64. The van der Waals surface area contributed by atoms with E-state index < -0.39 is 12.6 Å². The standard InChI is InChI=1S/C51H37N2OP/c1-34-25-28-45-43(31-34)51(41-21-11-9-19-39(41)40-20-10-12-22-42(40)51)44-32-35(2)26-29-46(44)53(45)37-27-30-50-48(33-37)52(36-15-5-3-6-16-36)47-23-13-14-24-49(47)55(50,54)38-17-7-4-8-18-38/h3-33H,1-2H3. The summed E-state index contributed by atoms with van der Waals surface area (Å²) in [4.78, 5) is 4.74. The Balaban J connectivity index is 1.22. The topological polar surface area (TPSA) is 23.6 Å². The van der Waals surface area contributed by atoms with Crippen LogP contribution in [0.1, 0.15) is 33.4 Å². The fourth-order valence-corrected chi connectivity index (χ4v) is 12.7. The molecule has 0 radical (unpaired) electrons. The maximum absolute atomic E-state index is 16.0. The lowest BCUT2D eigenvalue weighted by Gasteiger charge is -2.46. The van der Waals surface area contributed by atoms with Crippen LogP contribution in [0.15, 0.2) is 188 Å². The van der Waals surface area contributed by atoms with Crippen LogP contribution in [-0.4, -0.2) is 0 Å². The minimum atomic E-state index is -3.26. The molecule has 2 heterocycles. The van der Waals surface area contributed by atoms with Crippen LogP contribution in [0.25, 0.3) is 11.1 Å². The van der Waals surface area contributed by atoms with Crippen molar-refractivity contribution in [3.05, 3.63) is 221 Å². The Labute approximate surface area is 322 Å². The van der Waals surface area contributed by atoms with Crippen LogP contribution in [0.4, 0.5) is 34.1 Å². The van der Waals surface area contributed by atoms with E-state index >= 15 is 4.57 Å². The molecule has 1 atom stereocenters. The van der Waals surface area contributed by atoms with Crippen LogP contribution in [-0.2, 0) is 9.98 Å². The zero-order valence-corrected chi connectivity index (χ0v) is 31.5. The zero-order valence-electron chi connectivity index (χ0n) is 30.6. The highest BCUT2D eigenvalue weighted by Crippen LogP contribution is 2.64. The van der Waals surface area contributed by atoms with E-state index in [1.54, 1.807) is 0 Å². The summed E-state index contributed by atoms with van der Waals surface area (Å²) in [6, 6.07) is 67.1. The first-order valence-electron chi connectivity index (χ1n) is 19.0. The van der Waals surface area contributed by atoms with E-state index in [4.69, 9.17) is 0 Å². The lowest BCUT2D eigenvalue weighted by molar-refractivity contribution is 0.592. The first-order valence-corrected chi connectivity index (χ1v) is 20.7. The summed E-state index contributed by atoms with van der Waals surface area (Å²) in [5.41, 5.74) is 15.9. The van der Waals surface area contributed by atoms with Crippen LogP contribution in [0.2, 0.25) is 0 Å². The molecule has 0 bridgehead atoms. The fraction of sp³-hybridized carbons (Fsp3) is 0.0588. The van der Waals surface area contributed by atoms with Gasteiger partial charge in [-0.1, -0.05) is 145 Å². The van der Waals surface area contributed by atoms with Crippen LogP contribution in [0.5, 0.6) is 0 Å². The second-order valence-corrected chi connectivity index (χ2v) is 17.7. The molecule has 0 saturated heterocycles. The number of fused-ring (bicyclic) bond motifs is 11. The van der Waals surface area contributed by atoms with Crippen molar-refractivity contribution in [3.8, 4) is 11.1 Å². The number of nitrogens with zero attached hydrogens (tertiary/aromatic N) is 2. The number of benzene rings is 8. The molecule has 2 aliphatic heterocycles. The minimum Gasteiger partial charge on any atom is -0.310 e. The Morgan fingerprint density at radius 1 is 0.400 bits per heavy atom. The summed E-state index contributed by atoms with van der Waals surface area (Å²) < 4.78 is 16.0. The monoisotopic (exact) mass is 724 g/mol. The second-order valence-electron chi connectivity index (χ2n) is 15.0. The van der Waals surface area contributed by atoms with Crippen LogP contribution in [0, 0.1) is 13.8 Å². The predicted octanol–water partition coefficient (Wildman–Crippen LogP) is 11.9. The normalized spacial score (nSPS) is 16.8. The van der Waals surface area contributed by atoms with E-state index in [2.05, 4.69) is 169 Å². The zero-order chi connectivity index (χ0) is 36.9. The Bertz CT molecular complexity index is 2800. The average Bonchev–Trinajstić information content (AvgIpc) is 3.53. The number of anilines is 6. The molecule has 8 aromatic carbocycles. The van der Waals surface area contributed by atoms with Crippen LogP contribution >= 0.6 is 7.14 Å². The molecule has 0 amide bonds. The van der Waals surface area contributed by atoms with Gasteiger partial charge in [0, 0.05) is 27.3 Å². The van der Waals surface area contributed by atoms with E-state index in [0.717, 1.165) is 50.0 Å². The number of hydrogen-bond donors (Lipinski definition) is 0. The number of para-hydroxylation sites is 2. The third kappa shape index (κ3) is 4.30. The second kappa shape index (κ2) is 11.8. The Hall–Kier alpha value is -6.41. The minimum absolute atomic E-state index is 0.501. The molecule has 262 valence electrons. The first-order chi connectivity index (χ1) is 27.0. The molecule has 1 spiro atoms. The fourth-order valence-electron chi connectivity index (χ4n) is 9.71.